The number of unbranched alkanes of at least 4 members (excludes halogenated alkanes) is 22. The quantitative estimate of drug-likeness (QED) is 0.0325. The van der Waals surface area contributed by atoms with E-state index in [9.17, 15) is 19.8 Å². The Balaban J connectivity index is 4.45. The first-order chi connectivity index (χ1) is 27.5. The number of carbonyl (C=O) groups is 2. The number of aliphatic hydroxyl groups excluding tert-OH is 2. The van der Waals surface area contributed by atoms with Gasteiger partial charge in [-0.05, 0) is 64.2 Å². The molecule has 326 valence electrons. The Morgan fingerprint density at radius 3 is 1.45 bits per heavy atom. The molecule has 0 radical (unpaired) electrons. The Kier molecular flexibility index (Phi) is 42.2. The number of nitrogens with one attached hydrogen (secondary N) is 1. The second kappa shape index (κ2) is 43.9. The molecule has 56 heavy (non-hydrogen) atoms. The standard InChI is InChI=1S/C50H91NO5/c1-4-7-10-13-16-18-20-22-24-25-27-29-31-34-37-40-43-50(55)56-46(41-38-35-32-15-12-9-6-3)44-49(54)51-47(45-52)48(53)42-39-36-33-30-28-26-23-21-19-17-14-11-8-5-2/h7,10,16,18,22,24,27,29,46-48,52-53H,4-6,8-9,11-15,17,19-21,23,25-26,28,30-45H2,1-3H3,(H,51,54)/b10-7+,18-16+,24-22+,29-27+. The molecule has 0 aliphatic carbocycles. The van der Waals surface area contributed by atoms with Gasteiger partial charge in [-0.1, -0.05) is 204 Å². The topological polar surface area (TPSA) is 95.9 Å². The third kappa shape index (κ3) is 38.7. The summed E-state index contributed by atoms with van der Waals surface area (Å²) in [6, 6.07) is -0.704. The fourth-order valence-electron chi connectivity index (χ4n) is 7.07. The lowest BCUT2D eigenvalue weighted by molar-refractivity contribution is -0.151. The Bertz CT molecular complexity index is 972. The number of hydrogen-bond donors (Lipinski definition) is 3. The molecule has 3 atom stereocenters. The van der Waals surface area contributed by atoms with E-state index in [0.29, 0.717) is 19.3 Å². The van der Waals surface area contributed by atoms with Gasteiger partial charge in [0.05, 0.1) is 25.2 Å². The summed E-state index contributed by atoms with van der Waals surface area (Å²) in [5.41, 5.74) is 0. The van der Waals surface area contributed by atoms with Gasteiger partial charge in [-0.15, -0.1) is 0 Å². The Morgan fingerprint density at radius 2 is 0.964 bits per heavy atom. The van der Waals surface area contributed by atoms with Gasteiger partial charge in [0.2, 0.25) is 5.91 Å². The van der Waals surface area contributed by atoms with Crippen molar-refractivity contribution in [2.45, 2.75) is 251 Å². The summed E-state index contributed by atoms with van der Waals surface area (Å²) < 4.78 is 5.87. The van der Waals surface area contributed by atoms with Gasteiger partial charge < -0.3 is 20.3 Å². The highest BCUT2D eigenvalue weighted by Gasteiger charge is 2.24. The largest absolute Gasteiger partial charge is 0.462 e. The van der Waals surface area contributed by atoms with Crippen LogP contribution in [0.1, 0.15) is 233 Å². The zero-order chi connectivity index (χ0) is 41.0. The number of hydrogen-bond acceptors (Lipinski definition) is 5. The molecule has 6 nitrogen and oxygen atoms in total. The highest BCUT2D eigenvalue weighted by Crippen LogP contribution is 2.17. The van der Waals surface area contributed by atoms with Crippen molar-refractivity contribution >= 4 is 11.9 Å². The number of amides is 1. The van der Waals surface area contributed by atoms with Crippen LogP contribution in [0.5, 0.6) is 0 Å². The molecule has 0 rings (SSSR count). The van der Waals surface area contributed by atoms with Gasteiger partial charge in [0, 0.05) is 6.42 Å². The van der Waals surface area contributed by atoms with E-state index in [0.717, 1.165) is 89.9 Å². The van der Waals surface area contributed by atoms with E-state index in [1.165, 1.54) is 96.3 Å². The normalized spacial score (nSPS) is 13.7. The van der Waals surface area contributed by atoms with Gasteiger partial charge in [-0.2, -0.15) is 0 Å². The van der Waals surface area contributed by atoms with Crippen molar-refractivity contribution in [3.63, 3.8) is 0 Å². The SMILES string of the molecule is CC/C=C/C/C=C/C/C=C/C/C=C/CCCCCC(=O)OC(CCCCCCCCC)CC(=O)NC(CO)C(O)CCCCCCCCCCCCCCCC. The molecule has 0 aromatic carbocycles. The molecule has 0 aromatic heterocycles. The first kappa shape index (κ1) is 53.8. The molecule has 0 fully saturated rings. The van der Waals surface area contributed by atoms with E-state index < -0.39 is 18.2 Å². The van der Waals surface area contributed by atoms with E-state index in [4.69, 9.17) is 4.74 Å². The van der Waals surface area contributed by atoms with E-state index >= 15 is 0 Å². The molecule has 6 heteroatoms. The number of aliphatic hydroxyl groups is 2. The minimum absolute atomic E-state index is 0.0650. The summed E-state index contributed by atoms with van der Waals surface area (Å²) in [7, 11) is 0. The van der Waals surface area contributed by atoms with Crippen LogP contribution < -0.4 is 5.32 Å². The number of ether oxygens (including phenoxy) is 1. The molecule has 0 aliphatic heterocycles. The van der Waals surface area contributed by atoms with Gasteiger partial charge in [0.25, 0.3) is 0 Å². The Hall–Kier alpha value is -2.18. The van der Waals surface area contributed by atoms with Crippen LogP contribution in [0.4, 0.5) is 0 Å². The maximum Gasteiger partial charge on any atom is 0.306 e. The lowest BCUT2D eigenvalue weighted by Gasteiger charge is -2.24. The maximum atomic E-state index is 13.1. The van der Waals surface area contributed by atoms with E-state index in [1.54, 1.807) is 0 Å². The predicted molar refractivity (Wildman–Crippen MR) is 241 cm³/mol. The summed E-state index contributed by atoms with van der Waals surface area (Å²) in [5, 5.41) is 23.6. The van der Waals surface area contributed by atoms with Crippen LogP contribution in [0.2, 0.25) is 0 Å². The first-order valence-electron chi connectivity index (χ1n) is 23.9. The highest BCUT2D eigenvalue weighted by molar-refractivity contribution is 5.77. The summed E-state index contributed by atoms with van der Waals surface area (Å²) in [6.45, 7) is 6.32. The molecule has 3 N–H and O–H groups in total. The van der Waals surface area contributed by atoms with Crippen molar-refractivity contribution in [3.8, 4) is 0 Å². The van der Waals surface area contributed by atoms with Crippen LogP contribution in [-0.2, 0) is 14.3 Å². The molecule has 0 saturated carbocycles. The van der Waals surface area contributed by atoms with Crippen LogP contribution in [0.15, 0.2) is 48.6 Å². The summed E-state index contributed by atoms with van der Waals surface area (Å²) in [6.07, 6.45) is 51.8. The second-order valence-electron chi connectivity index (χ2n) is 16.1. The number of esters is 1. The van der Waals surface area contributed by atoms with Crippen molar-refractivity contribution in [1.29, 1.82) is 0 Å². The third-order valence-corrected chi connectivity index (χ3v) is 10.7. The third-order valence-electron chi connectivity index (χ3n) is 10.7. The van der Waals surface area contributed by atoms with Gasteiger partial charge in [-0.3, -0.25) is 9.59 Å². The van der Waals surface area contributed by atoms with Crippen LogP contribution >= 0.6 is 0 Å². The van der Waals surface area contributed by atoms with E-state index in [-0.39, 0.29) is 24.9 Å². The number of carbonyl (C=O) groups excluding carboxylic acids is 2. The lowest BCUT2D eigenvalue weighted by atomic mass is 10.0. The van der Waals surface area contributed by atoms with Crippen LogP contribution in [0.25, 0.3) is 0 Å². The van der Waals surface area contributed by atoms with Crippen molar-refractivity contribution in [3.05, 3.63) is 48.6 Å². The minimum atomic E-state index is -0.790. The fraction of sp³-hybridized carbons (Fsp3) is 0.800. The maximum absolute atomic E-state index is 13.1. The molecular formula is C50H91NO5. The number of allylic oxidation sites excluding steroid dienone is 8. The lowest BCUT2D eigenvalue weighted by Crippen LogP contribution is -2.46. The molecule has 0 spiro atoms. The molecule has 0 bridgehead atoms. The Labute approximate surface area is 346 Å². The summed E-state index contributed by atoms with van der Waals surface area (Å²) in [4.78, 5) is 25.9. The van der Waals surface area contributed by atoms with Gasteiger partial charge >= 0.3 is 5.97 Å². The zero-order valence-electron chi connectivity index (χ0n) is 37.0. The minimum Gasteiger partial charge on any atom is -0.462 e. The number of rotatable bonds is 42. The van der Waals surface area contributed by atoms with Crippen molar-refractivity contribution in [2.75, 3.05) is 6.61 Å². The first-order valence-corrected chi connectivity index (χ1v) is 23.9. The molecule has 0 aromatic rings. The van der Waals surface area contributed by atoms with Gasteiger partial charge in [0.1, 0.15) is 6.10 Å². The average Bonchev–Trinajstić information content (AvgIpc) is 3.19. The highest BCUT2D eigenvalue weighted by atomic mass is 16.5. The van der Waals surface area contributed by atoms with Crippen molar-refractivity contribution in [1.82, 2.24) is 5.32 Å². The van der Waals surface area contributed by atoms with Crippen LogP contribution in [-0.4, -0.2) is 46.9 Å². The molecule has 0 heterocycles. The summed E-state index contributed by atoms with van der Waals surface area (Å²) in [5.74, 6) is -0.513. The zero-order valence-corrected chi connectivity index (χ0v) is 37.0. The molecule has 0 saturated heterocycles. The van der Waals surface area contributed by atoms with Crippen molar-refractivity contribution < 1.29 is 24.5 Å². The summed E-state index contributed by atoms with van der Waals surface area (Å²) >= 11 is 0. The molecule has 3 unspecified atom stereocenters. The molecule has 1 amide bonds. The van der Waals surface area contributed by atoms with Crippen molar-refractivity contribution in [2.24, 2.45) is 0 Å². The fourth-order valence-corrected chi connectivity index (χ4v) is 7.07. The smallest absolute Gasteiger partial charge is 0.306 e. The van der Waals surface area contributed by atoms with E-state index in [1.807, 2.05) is 0 Å². The van der Waals surface area contributed by atoms with Gasteiger partial charge in [0.15, 0.2) is 0 Å². The van der Waals surface area contributed by atoms with Crippen LogP contribution in [0, 0.1) is 0 Å². The second-order valence-corrected chi connectivity index (χ2v) is 16.1. The average molecular weight is 786 g/mol. The monoisotopic (exact) mass is 786 g/mol. The molecule has 0 aliphatic rings. The van der Waals surface area contributed by atoms with E-state index in [2.05, 4.69) is 74.7 Å². The Morgan fingerprint density at radius 1 is 0.536 bits per heavy atom. The van der Waals surface area contributed by atoms with Gasteiger partial charge in [-0.25, -0.2) is 0 Å². The predicted octanol–water partition coefficient (Wildman–Crippen LogP) is 13.9. The molecular weight excluding hydrogens is 695 g/mol. The van der Waals surface area contributed by atoms with Crippen LogP contribution in [0.3, 0.4) is 0 Å².